The van der Waals surface area contributed by atoms with E-state index in [9.17, 15) is 9.59 Å². The number of nitrogens with one attached hydrogen (secondary N) is 1. The van der Waals surface area contributed by atoms with Crippen LogP contribution in [0.2, 0.25) is 5.02 Å². The summed E-state index contributed by atoms with van der Waals surface area (Å²) >= 11 is 11.3. The Labute approximate surface area is 212 Å². The minimum absolute atomic E-state index is 0.0414. The minimum atomic E-state index is -0.402. The number of carbonyl (C=O) groups is 2. The number of rotatable bonds is 5. The summed E-state index contributed by atoms with van der Waals surface area (Å²) in [5, 5.41) is 4.72. The van der Waals surface area contributed by atoms with Crippen LogP contribution in [0.15, 0.2) is 69.6 Å². The number of methoxy groups -OCH3 is 1. The van der Waals surface area contributed by atoms with Crippen molar-refractivity contribution >= 4 is 77.3 Å². The molecule has 2 heterocycles. The first-order chi connectivity index (χ1) is 16.4. The maximum Gasteiger partial charge on any atom is 0.267 e. The molecule has 0 fully saturated rings. The van der Waals surface area contributed by atoms with Crippen molar-refractivity contribution in [1.29, 1.82) is 0 Å². The van der Waals surface area contributed by atoms with Crippen LogP contribution in [0.1, 0.15) is 31.4 Å². The number of hydrogen-bond acceptors (Lipinski definition) is 5. The fourth-order valence-electron chi connectivity index (χ4n) is 3.76. The van der Waals surface area contributed by atoms with Crippen molar-refractivity contribution < 1.29 is 18.7 Å². The van der Waals surface area contributed by atoms with Crippen molar-refractivity contribution in [2.75, 3.05) is 12.4 Å². The second-order valence-electron chi connectivity index (χ2n) is 7.68. The summed E-state index contributed by atoms with van der Waals surface area (Å²) in [4.78, 5) is 27.1. The van der Waals surface area contributed by atoms with E-state index in [2.05, 4.69) is 21.2 Å². The van der Waals surface area contributed by atoms with Crippen LogP contribution < -0.4 is 10.1 Å². The summed E-state index contributed by atoms with van der Waals surface area (Å²) in [7, 11) is 1.55. The van der Waals surface area contributed by atoms with Gasteiger partial charge in [0.25, 0.3) is 5.91 Å². The van der Waals surface area contributed by atoms with E-state index in [-0.39, 0.29) is 11.5 Å². The quantitative estimate of drug-likeness (QED) is 0.225. The van der Waals surface area contributed by atoms with Gasteiger partial charge in [-0.1, -0.05) is 35.9 Å². The molecule has 5 aromatic rings. The Kier molecular flexibility index (Phi) is 5.93. The van der Waals surface area contributed by atoms with E-state index in [0.29, 0.717) is 42.3 Å². The number of halogens is 2. The summed E-state index contributed by atoms with van der Waals surface area (Å²) in [6.45, 7) is 1.99. The van der Waals surface area contributed by atoms with E-state index >= 15 is 0 Å². The van der Waals surface area contributed by atoms with Crippen LogP contribution in [0, 0.1) is 6.92 Å². The average molecular weight is 555 g/mol. The number of ether oxygens (including phenoxy) is 1. The number of thiophene rings is 1. The Balaban J connectivity index is 1.58. The molecule has 0 unspecified atom stereocenters. The Hall–Kier alpha value is -3.13. The molecule has 0 spiro atoms. The molecular formula is C26H17BrClNO4S. The number of amides is 1. The summed E-state index contributed by atoms with van der Waals surface area (Å²) in [5.74, 6) is -0.127. The predicted molar refractivity (Wildman–Crippen MR) is 140 cm³/mol. The van der Waals surface area contributed by atoms with Gasteiger partial charge < -0.3 is 14.5 Å². The third-order valence-corrected chi connectivity index (χ3v) is 7.72. The molecule has 0 saturated heterocycles. The largest absolute Gasteiger partial charge is 0.496 e. The second kappa shape index (κ2) is 8.91. The molecule has 5 rings (SSSR count). The molecule has 0 bridgehead atoms. The Bertz CT molecular complexity index is 1600. The molecule has 0 saturated carbocycles. The maximum atomic E-state index is 13.4. The standard InChI is InChI=1S/C26H17BrClNO4S/c1-13-7-9-16-20(11-13)34-25(21(16)28)26(31)29-22-15-5-3-4-6-18(15)33-24(22)23(30)14-8-10-19(32-2)17(27)12-14/h3-12H,1-2H3,(H,29,31). The monoisotopic (exact) mass is 553 g/mol. The topological polar surface area (TPSA) is 68.5 Å². The van der Waals surface area contributed by atoms with Gasteiger partial charge in [-0.2, -0.15) is 0 Å². The van der Waals surface area contributed by atoms with Gasteiger partial charge in [0.15, 0.2) is 5.76 Å². The van der Waals surface area contributed by atoms with E-state index in [1.807, 2.05) is 31.2 Å². The van der Waals surface area contributed by atoms with Crippen LogP contribution in [-0.4, -0.2) is 18.8 Å². The highest BCUT2D eigenvalue weighted by Gasteiger charge is 2.26. The number of ketones is 1. The fraction of sp³-hybridized carbons (Fsp3) is 0.0769. The normalized spacial score (nSPS) is 11.2. The van der Waals surface area contributed by atoms with Gasteiger partial charge in [0.2, 0.25) is 5.78 Å². The number of aryl methyl sites for hydroxylation is 1. The molecule has 8 heteroatoms. The van der Waals surface area contributed by atoms with E-state index in [4.69, 9.17) is 20.8 Å². The van der Waals surface area contributed by atoms with E-state index in [1.54, 1.807) is 43.5 Å². The lowest BCUT2D eigenvalue weighted by atomic mass is 10.1. The first kappa shape index (κ1) is 22.7. The van der Waals surface area contributed by atoms with Crippen LogP contribution >= 0.6 is 38.9 Å². The first-order valence-electron chi connectivity index (χ1n) is 10.3. The lowest BCUT2D eigenvalue weighted by Crippen LogP contribution is -2.13. The number of para-hydroxylation sites is 1. The van der Waals surface area contributed by atoms with Crippen molar-refractivity contribution in [3.05, 3.63) is 91.9 Å². The highest BCUT2D eigenvalue weighted by atomic mass is 79.9. The van der Waals surface area contributed by atoms with Crippen molar-refractivity contribution in [2.24, 2.45) is 0 Å². The molecule has 0 aliphatic rings. The molecule has 0 radical (unpaired) electrons. The summed E-state index contributed by atoms with van der Waals surface area (Å²) < 4.78 is 12.7. The molecule has 2 aromatic heterocycles. The van der Waals surface area contributed by atoms with Crippen molar-refractivity contribution in [3.8, 4) is 5.75 Å². The van der Waals surface area contributed by atoms with E-state index < -0.39 is 5.91 Å². The molecule has 170 valence electrons. The Morgan fingerprint density at radius 3 is 2.62 bits per heavy atom. The molecule has 5 nitrogen and oxygen atoms in total. The minimum Gasteiger partial charge on any atom is -0.496 e. The number of fused-ring (bicyclic) bond motifs is 2. The van der Waals surface area contributed by atoms with Crippen LogP contribution in [0.4, 0.5) is 5.69 Å². The lowest BCUT2D eigenvalue weighted by Gasteiger charge is -2.07. The van der Waals surface area contributed by atoms with Crippen LogP contribution in [0.25, 0.3) is 21.1 Å². The number of carbonyl (C=O) groups excluding carboxylic acids is 2. The first-order valence-corrected chi connectivity index (χ1v) is 12.3. The Morgan fingerprint density at radius 2 is 1.85 bits per heavy atom. The zero-order chi connectivity index (χ0) is 24.0. The highest BCUT2D eigenvalue weighted by Crippen LogP contribution is 2.38. The summed E-state index contributed by atoms with van der Waals surface area (Å²) in [6, 6.07) is 18.0. The molecule has 0 aliphatic heterocycles. The zero-order valence-electron chi connectivity index (χ0n) is 18.1. The summed E-state index contributed by atoms with van der Waals surface area (Å²) in [5.41, 5.74) is 2.27. The van der Waals surface area contributed by atoms with Gasteiger partial charge >= 0.3 is 0 Å². The molecule has 0 aliphatic carbocycles. The van der Waals surface area contributed by atoms with Crippen molar-refractivity contribution in [3.63, 3.8) is 0 Å². The molecular weight excluding hydrogens is 538 g/mol. The van der Waals surface area contributed by atoms with Gasteiger partial charge in [0.1, 0.15) is 16.2 Å². The molecule has 0 atom stereocenters. The van der Waals surface area contributed by atoms with Gasteiger partial charge in [0.05, 0.1) is 22.3 Å². The SMILES string of the molecule is COc1ccc(C(=O)c2oc3ccccc3c2NC(=O)c2sc3cc(C)ccc3c2Cl)cc1Br. The Morgan fingerprint density at radius 1 is 1.06 bits per heavy atom. The molecule has 3 aromatic carbocycles. The number of benzene rings is 3. The van der Waals surface area contributed by atoms with Crippen LogP contribution in [0.5, 0.6) is 5.75 Å². The van der Waals surface area contributed by atoms with Crippen molar-refractivity contribution in [1.82, 2.24) is 0 Å². The lowest BCUT2D eigenvalue weighted by molar-refractivity contribution is 0.101. The van der Waals surface area contributed by atoms with Gasteiger partial charge in [-0.25, -0.2) is 0 Å². The van der Waals surface area contributed by atoms with Crippen LogP contribution in [-0.2, 0) is 0 Å². The number of furan rings is 1. The average Bonchev–Trinajstić information content (AvgIpc) is 3.36. The second-order valence-corrected chi connectivity index (χ2v) is 9.96. The van der Waals surface area contributed by atoms with Gasteiger partial charge in [-0.15, -0.1) is 11.3 Å². The summed E-state index contributed by atoms with van der Waals surface area (Å²) in [6.07, 6.45) is 0. The molecule has 1 N–H and O–H groups in total. The zero-order valence-corrected chi connectivity index (χ0v) is 21.2. The van der Waals surface area contributed by atoms with E-state index in [0.717, 1.165) is 15.6 Å². The van der Waals surface area contributed by atoms with Gasteiger partial charge in [-0.3, -0.25) is 9.59 Å². The third kappa shape index (κ3) is 3.90. The predicted octanol–water partition coefficient (Wildman–Crippen LogP) is 7.86. The van der Waals surface area contributed by atoms with E-state index in [1.165, 1.54) is 11.3 Å². The number of hydrogen-bond donors (Lipinski definition) is 1. The van der Waals surface area contributed by atoms with Gasteiger partial charge in [0, 0.05) is 21.0 Å². The number of anilines is 1. The molecule has 34 heavy (non-hydrogen) atoms. The molecule has 1 amide bonds. The highest BCUT2D eigenvalue weighted by molar-refractivity contribution is 9.10. The van der Waals surface area contributed by atoms with Crippen LogP contribution in [0.3, 0.4) is 0 Å². The maximum absolute atomic E-state index is 13.4. The smallest absolute Gasteiger partial charge is 0.267 e. The third-order valence-electron chi connectivity index (χ3n) is 5.45. The van der Waals surface area contributed by atoms with Gasteiger partial charge in [-0.05, 0) is 64.8 Å². The van der Waals surface area contributed by atoms with Crippen molar-refractivity contribution in [2.45, 2.75) is 6.92 Å². The fourth-order valence-corrected chi connectivity index (χ4v) is 5.81.